The molecule has 0 atom stereocenters. The summed E-state index contributed by atoms with van der Waals surface area (Å²) >= 11 is 0. The van der Waals surface area contributed by atoms with Crippen LogP contribution in [0.4, 0.5) is 0 Å². The van der Waals surface area contributed by atoms with Crippen molar-refractivity contribution in [2.45, 2.75) is 39.9 Å². The van der Waals surface area contributed by atoms with Gasteiger partial charge in [0.2, 0.25) is 0 Å². The smallest absolute Gasteiger partial charge is 0.348 e. The first kappa shape index (κ1) is 16.1. The lowest BCUT2D eigenvalue weighted by molar-refractivity contribution is -0.222. The topological polar surface area (TPSA) is 61.8 Å². The van der Waals surface area contributed by atoms with Crippen molar-refractivity contribution in [2.24, 2.45) is 0 Å². The Morgan fingerprint density at radius 1 is 1.18 bits per heavy atom. The van der Waals surface area contributed by atoms with E-state index in [1.54, 1.807) is 12.1 Å². The van der Waals surface area contributed by atoms with Crippen LogP contribution in [0.25, 0.3) is 6.08 Å². The zero-order valence-electron chi connectivity index (χ0n) is 13.3. The van der Waals surface area contributed by atoms with Crippen molar-refractivity contribution in [1.82, 2.24) is 0 Å². The third kappa shape index (κ3) is 3.67. The highest BCUT2D eigenvalue weighted by Crippen LogP contribution is 2.26. The van der Waals surface area contributed by atoms with Gasteiger partial charge in [0.05, 0.1) is 6.61 Å². The van der Waals surface area contributed by atoms with Crippen LogP contribution in [0, 0.1) is 6.92 Å². The predicted octanol–water partition coefficient (Wildman–Crippen LogP) is 3.00. The van der Waals surface area contributed by atoms with Gasteiger partial charge in [-0.05, 0) is 36.6 Å². The minimum atomic E-state index is -1.23. The fourth-order valence-electron chi connectivity index (χ4n) is 2.02. The molecule has 1 aromatic carbocycles. The molecule has 1 fully saturated rings. The Balaban J connectivity index is 2.29. The minimum Gasteiger partial charge on any atom is -0.493 e. The lowest BCUT2D eigenvalue weighted by Crippen LogP contribution is -2.41. The van der Waals surface area contributed by atoms with Gasteiger partial charge < -0.3 is 14.2 Å². The van der Waals surface area contributed by atoms with Gasteiger partial charge >= 0.3 is 11.9 Å². The molecule has 0 unspecified atom stereocenters. The van der Waals surface area contributed by atoms with Gasteiger partial charge in [0.25, 0.3) is 5.79 Å². The molecule has 1 heterocycles. The maximum Gasteiger partial charge on any atom is 0.348 e. The quantitative estimate of drug-likeness (QED) is 0.486. The molecule has 1 saturated heterocycles. The van der Waals surface area contributed by atoms with Crippen LogP contribution in [-0.4, -0.2) is 24.3 Å². The SMILES string of the molecule is CCCOc1cc(C=C2C(=O)OC(C)(C)OC2=O)ccc1C. The fourth-order valence-corrected chi connectivity index (χ4v) is 2.02. The molecule has 22 heavy (non-hydrogen) atoms. The molecule has 0 radical (unpaired) electrons. The van der Waals surface area contributed by atoms with Crippen molar-refractivity contribution in [3.63, 3.8) is 0 Å². The molecule has 0 aliphatic carbocycles. The van der Waals surface area contributed by atoms with Crippen molar-refractivity contribution in [1.29, 1.82) is 0 Å². The highest BCUT2D eigenvalue weighted by atomic mass is 16.7. The number of hydrogen-bond acceptors (Lipinski definition) is 5. The van der Waals surface area contributed by atoms with Gasteiger partial charge in [-0.3, -0.25) is 0 Å². The van der Waals surface area contributed by atoms with Gasteiger partial charge in [0.1, 0.15) is 11.3 Å². The summed E-state index contributed by atoms with van der Waals surface area (Å²) in [5.41, 5.74) is 1.55. The lowest BCUT2D eigenvalue weighted by Gasteiger charge is -2.29. The number of carbonyl (C=O) groups excluding carboxylic acids is 2. The van der Waals surface area contributed by atoms with Crippen LogP contribution < -0.4 is 4.74 Å². The molecule has 1 aliphatic heterocycles. The molecule has 5 heteroatoms. The third-order valence-corrected chi connectivity index (χ3v) is 3.10. The summed E-state index contributed by atoms with van der Waals surface area (Å²) in [6.07, 6.45) is 2.36. The summed E-state index contributed by atoms with van der Waals surface area (Å²) in [7, 11) is 0. The van der Waals surface area contributed by atoms with Gasteiger partial charge in [-0.1, -0.05) is 19.1 Å². The molecule has 0 spiro atoms. The number of aryl methyl sites for hydroxylation is 1. The van der Waals surface area contributed by atoms with Crippen molar-refractivity contribution in [3.05, 3.63) is 34.9 Å². The Morgan fingerprint density at radius 2 is 1.82 bits per heavy atom. The first-order valence-corrected chi connectivity index (χ1v) is 7.24. The minimum absolute atomic E-state index is 0.121. The highest BCUT2D eigenvalue weighted by molar-refractivity contribution is 6.18. The van der Waals surface area contributed by atoms with Crippen molar-refractivity contribution in [3.8, 4) is 5.75 Å². The second-order valence-corrected chi connectivity index (χ2v) is 5.61. The van der Waals surface area contributed by atoms with E-state index in [2.05, 4.69) is 0 Å². The fraction of sp³-hybridized carbons (Fsp3) is 0.412. The summed E-state index contributed by atoms with van der Waals surface area (Å²) < 4.78 is 15.8. The first-order chi connectivity index (χ1) is 10.3. The Bertz CT molecular complexity index is 606. The molecule has 0 N–H and O–H groups in total. The standard InChI is InChI=1S/C17H20O5/c1-5-8-20-14-10-12(7-6-11(14)2)9-13-15(18)21-17(3,4)22-16(13)19/h6-7,9-10H,5,8H2,1-4H3. The van der Waals surface area contributed by atoms with Crippen LogP contribution >= 0.6 is 0 Å². The zero-order valence-corrected chi connectivity index (χ0v) is 13.3. The van der Waals surface area contributed by atoms with Crippen LogP contribution in [-0.2, 0) is 19.1 Å². The molecule has 0 aromatic heterocycles. The molecule has 2 rings (SSSR count). The Labute approximate surface area is 129 Å². The maximum absolute atomic E-state index is 11.9. The summed E-state index contributed by atoms with van der Waals surface area (Å²) in [6.45, 7) is 7.61. The van der Waals surface area contributed by atoms with Crippen LogP contribution in [0.3, 0.4) is 0 Å². The monoisotopic (exact) mass is 304 g/mol. The first-order valence-electron chi connectivity index (χ1n) is 7.24. The third-order valence-electron chi connectivity index (χ3n) is 3.10. The van der Waals surface area contributed by atoms with Crippen molar-refractivity contribution < 1.29 is 23.8 Å². The van der Waals surface area contributed by atoms with Crippen molar-refractivity contribution >= 4 is 18.0 Å². The highest BCUT2D eigenvalue weighted by Gasteiger charge is 2.38. The van der Waals surface area contributed by atoms with E-state index in [0.29, 0.717) is 12.2 Å². The van der Waals surface area contributed by atoms with Crippen LogP contribution in [0.2, 0.25) is 0 Å². The van der Waals surface area contributed by atoms with Gasteiger partial charge in [0, 0.05) is 13.8 Å². The Hall–Kier alpha value is -2.30. The predicted molar refractivity (Wildman–Crippen MR) is 81.2 cm³/mol. The van der Waals surface area contributed by atoms with Gasteiger partial charge in [0.15, 0.2) is 0 Å². The molecule has 1 aliphatic rings. The number of ether oxygens (including phenoxy) is 3. The number of rotatable bonds is 4. The second kappa shape index (κ2) is 6.22. The summed E-state index contributed by atoms with van der Waals surface area (Å²) in [5, 5.41) is 0. The molecule has 0 saturated carbocycles. The van der Waals surface area contributed by atoms with E-state index in [1.807, 2.05) is 19.9 Å². The van der Waals surface area contributed by atoms with E-state index >= 15 is 0 Å². The number of cyclic esters (lactones) is 2. The normalized spacial score (nSPS) is 16.8. The van der Waals surface area contributed by atoms with Gasteiger partial charge in [-0.2, -0.15) is 0 Å². The average molecular weight is 304 g/mol. The Kier molecular flexibility index (Phi) is 4.54. The van der Waals surface area contributed by atoms with E-state index in [0.717, 1.165) is 17.7 Å². The number of benzene rings is 1. The van der Waals surface area contributed by atoms with E-state index in [-0.39, 0.29) is 5.57 Å². The Morgan fingerprint density at radius 3 is 2.41 bits per heavy atom. The number of carbonyl (C=O) groups is 2. The van der Waals surface area contributed by atoms with Crippen molar-refractivity contribution in [2.75, 3.05) is 6.61 Å². The largest absolute Gasteiger partial charge is 0.493 e. The number of esters is 2. The molecule has 0 bridgehead atoms. The molecule has 0 amide bonds. The maximum atomic E-state index is 11.9. The summed E-state index contributed by atoms with van der Waals surface area (Å²) in [4.78, 5) is 23.9. The van der Waals surface area contributed by atoms with E-state index in [4.69, 9.17) is 14.2 Å². The molecular weight excluding hydrogens is 284 g/mol. The van der Waals surface area contributed by atoms with Gasteiger partial charge in [-0.15, -0.1) is 0 Å². The lowest BCUT2D eigenvalue weighted by atomic mass is 10.1. The second-order valence-electron chi connectivity index (χ2n) is 5.61. The van der Waals surface area contributed by atoms with E-state index in [1.165, 1.54) is 19.9 Å². The summed E-state index contributed by atoms with van der Waals surface area (Å²) in [5.74, 6) is -1.86. The molecule has 1 aromatic rings. The van der Waals surface area contributed by atoms with E-state index in [9.17, 15) is 9.59 Å². The van der Waals surface area contributed by atoms with Crippen LogP contribution in [0.5, 0.6) is 5.75 Å². The van der Waals surface area contributed by atoms with Crippen LogP contribution in [0.1, 0.15) is 38.3 Å². The van der Waals surface area contributed by atoms with Gasteiger partial charge in [-0.25, -0.2) is 9.59 Å². The number of hydrogen-bond donors (Lipinski definition) is 0. The van der Waals surface area contributed by atoms with E-state index < -0.39 is 17.7 Å². The summed E-state index contributed by atoms with van der Waals surface area (Å²) in [6, 6.07) is 5.47. The van der Waals surface area contributed by atoms with Crippen LogP contribution in [0.15, 0.2) is 23.8 Å². The zero-order chi connectivity index (χ0) is 16.3. The molecule has 118 valence electrons. The molecule has 5 nitrogen and oxygen atoms in total. The molecular formula is C17H20O5. The average Bonchev–Trinajstić information content (AvgIpc) is 2.42.